The highest BCUT2D eigenvalue weighted by Crippen LogP contribution is 2.48. The standard InChI is InChI=1S/C22H29N3O3/c26-22(23-16-3-1-2-4-16)25-12-17(15-5-6-18-19(11-15)28-13-27-18)21-20(25)14-7-9-24(21)10-8-14/h5-6,11,14,16-17,20-21H,1-4,7-10,12-13H2,(H,23,26)/t17-,20+,21+/m0/s1. The molecule has 3 atom stereocenters. The van der Waals surface area contributed by atoms with Gasteiger partial charge >= 0.3 is 6.03 Å². The molecule has 1 aromatic rings. The van der Waals surface area contributed by atoms with Crippen LogP contribution in [0.4, 0.5) is 4.79 Å². The van der Waals surface area contributed by atoms with Crippen LogP contribution in [0.15, 0.2) is 18.2 Å². The topological polar surface area (TPSA) is 54.0 Å². The van der Waals surface area contributed by atoms with Crippen LogP contribution in [-0.2, 0) is 0 Å². The maximum Gasteiger partial charge on any atom is 0.317 e. The van der Waals surface area contributed by atoms with E-state index in [1.54, 1.807) is 0 Å². The molecule has 6 aliphatic rings. The van der Waals surface area contributed by atoms with Crippen molar-refractivity contribution in [1.29, 1.82) is 0 Å². The second-order valence-electron chi connectivity index (χ2n) is 9.16. The molecule has 6 heteroatoms. The Bertz CT molecular complexity index is 770. The first-order valence-corrected chi connectivity index (χ1v) is 11.0. The fraction of sp³-hybridized carbons (Fsp3) is 0.682. The maximum atomic E-state index is 13.2. The number of hydrogen-bond donors (Lipinski definition) is 1. The summed E-state index contributed by atoms with van der Waals surface area (Å²) in [5.74, 6) is 2.67. The summed E-state index contributed by atoms with van der Waals surface area (Å²) in [6.45, 7) is 3.45. The highest BCUT2D eigenvalue weighted by atomic mass is 16.7. The third-order valence-corrected chi connectivity index (χ3v) is 7.76. The zero-order valence-electron chi connectivity index (χ0n) is 16.3. The number of piperidine rings is 3. The van der Waals surface area contributed by atoms with Crippen molar-refractivity contribution in [3.8, 4) is 11.5 Å². The van der Waals surface area contributed by atoms with Crippen LogP contribution in [-0.4, -0.2) is 60.4 Å². The van der Waals surface area contributed by atoms with Crippen LogP contribution < -0.4 is 14.8 Å². The Morgan fingerprint density at radius 1 is 1.00 bits per heavy atom. The van der Waals surface area contributed by atoms with Gasteiger partial charge in [0.15, 0.2) is 11.5 Å². The molecule has 150 valence electrons. The van der Waals surface area contributed by atoms with Crippen LogP contribution in [0.25, 0.3) is 0 Å². The number of ether oxygens (including phenoxy) is 2. The Kier molecular flexibility index (Phi) is 3.96. The van der Waals surface area contributed by atoms with Crippen LogP contribution in [0.1, 0.15) is 50.0 Å². The zero-order valence-corrected chi connectivity index (χ0v) is 16.3. The number of rotatable bonds is 2. The van der Waals surface area contributed by atoms with Crippen LogP contribution in [0.3, 0.4) is 0 Å². The molecule has 0 aromatic heterocycles. The Labute approximate surface area is 166 Å². The average molecular weight is 383 g/mol. The van der Waals surface area contributed by atoms with Gasteiger partial charge in [0.25, 0.3) is 0 Å². The van der Waals surface area contributed by atoms with Gasteiger partial charge in [-0.1, -0.05) is 18.9 Å². The molecule has 2 bridgehead atoms. The van der Waals surface area contributed by atoms with Crippen molar-refractivity contribution in [2.75, 3.05) is 26.4 Å². The fourth-order valence-electron chi connectivity index (χ4n) is 6.42. The van der Waals surface area contributed by atoms with Gasteiger partial charge in [-0.2, -0.15) is 0 Å². The monoisotopic (exact) mass is 383 g/mol. The van der Waals surface area contributed by atoms with E-state index in [9.17, 15) is 4.79 Å². The van der Waals surface area contributed by atoms with Crippen molar-refractivity contribution in [2.24, 2.45) is 5.92 Å². The summed E-state index contributed by atoms with van der Waals surface area (Å²) in [6, 6.07) is 7.67. The number of amides is 2. The molecule has 2 amide bonds. The number of benzene rings is 1. The number of fused-ring (bicyclic) bond motifs is 3. The molecule has 5 heterocycles. The number of carbonyl (C=O) groups excluding carboxylic acids is 1. The van der Waals surface area contributed by atoms with Gasteiger partial charge in [0.2, 0.25) is 6.79 Å². The summed E-state index contributed by atoms with van der Waals surface area (Å²) < 4.78 is 11.1. The number of hydrogen-bond acceptors (Lipinski definition) is 4. The largest absolute Gasteiger partial charge is 0.454 e. The van der Waals surface area contributed by atoms with E-state index in [2.05, 4.69) is 27.2 Å². The van der Waals surface area contributed by atoms with Crippen molar-refractivity contribution in [1.82, 2.24) is 15.1 Å². The van der Waals surface area contributed by atoms with Crippen molar-refractivity contribution in [2.45, 2.75) is 62.6 Å². The van der Waals surface area contributed by atoms with Crippen LogP contribution >= 0.6 is 0 Å². The molecule has 6 nitrogen and oxygen atoms in total. The molecule has 5 fully saturated rings. The van der Waals surface area contributed by atoms with Gasteiger partial charge in [-0.25, -0.2) is 4.79 Å². The van der Waals surface area contributed by atoms with E-state index in [0.717, 1.165) is 30.9 Å². The third kappa shape index (κ3) is 2.60. The van der Waals surface area contributed by atoms with E-state index in [-0.39, 0.29) is 6.03 Å². The SMILES string of the molecule is O=C(NC1CCCC1)N1C[C@@H](c2ccc3c(c2)OCO3)[C@@H]2[C@H]1C1CCN2CC1. The molecule has 1 aromatic carbocycles. The summed E-state index contributed by atoms with van der Waals surface area (Å²) >= 11 is 0. The maximum absolute atomic E-state index is 13.2. The van der Waals surface area contributed by atoms with E-state index < -0.39 is 0 Å². The Morgan fingerprint density at radius 3 is 2.61 bits per heavy atom. The van der Waals surface area contributed by atoms with Gasteiger partial charge < -0.3 is 19.7 Å². The lowest BCUT2D eigenvalue weighted by molar-refractivity contribution is 0.00328. The first-order chi connectivity index (χ1) is 13.8. The predicted octanol–water partition coefficient (Wildman–Crippen LogP) is 2.93. The molecule has 0 radical (unpaired) electrons. The first kappa shape index (κ1) is 17.0. The van der Waals surface area contributed by atoms with Crippen molar-refractivity contribution in [3.05, 3.63) is 23.8 Å². The number of carbonyl (C=O) groups is 1. The summed E-state index contributed by atoms with van der Waals surface area (Å²) in [5, 5.41) is 3.35. The van der Waals surface area contributed by atoms with E-state index in [0.29, 0.717) is 36.8 Å². The second-order valence-corrected chi connectivity index (χ2v) is 9.16. The Hall–Kier alpha value is -1.95. The van der Waals surface area contributed by atoms with E-state index >= 15 is 0 Å². The number of likely N-dealkylation sites (tertiary alicyclic amines) is 1. The molecule has 0 spiro atoms. The minimum Gasteiger partial charge on any atom is -0.454 e. The fourth-order valence-corrected chi connectivity index (χ4v) is 6.42. The zero-order chi connectivity index (χ0) is 18.7. The van der Waals surface area contributed by atoms with Gasteiger partial charge in [-0.3, -0.25) is 4.90 Å². The first-order valence-electron chi connectivity index (χ1n) is 11.0. The Morgan fingerprint density at radius 2 is 1.79 bits per heavy atom. The highest BCUT2D eigenvalue weighted by Gasteiger charge is 2.55. The number of nitrogens with one attached hydrogen (secondary N) is 1. The lowest BCUT2D eigenvalue weighted by atomic mass is 9.75. The van der Waals surface area contributed by atoms with Crippen LogP contribution in [0.2, 0.25) is 0 Å². The minimum atomic E-state index is 0.166. The van der Waals surface area contributed by atoms with E-state index in [4.69, 9.17) is 9.47 Å². The second kappa shape index (κ2) is 6.55. The van der Waals surface area contributed by atoms with E-state index in [1.807, 2.05) is 6.07 Å². The average Bonchev–Trinajstić information content (AvgIpc) is 3.47. The van der Waals surface area contributed by atoms with E-state index in [1.165, 1.54) is 44.3 Å². The van der Waals surface area contributed by atoms with Crippen LogP contribution in [0.5, 0.6) is 11.5 Å². The quantitative estimate of drug-likeness (QED) is 0.853. The molecular formula is C22H29N3O3. The third-order valence-electron chi connectivity index (χ3n) is 7.76. The number of urea groups is 1. The molecule has 1 saturated carbocycles. The van der Waals surface area contributed by atoms with Gasteiger partial charge in [0.05, 0.1) is 6.04 Å². The molecule has 1 aliphatic carbocycles. The lowest BCUT2D eigenvalue weighted by Crippen LogP contribution is -2.61. The molecule has 1 N–H and O–H groups in total. The summed E-state index contributed by atoms with van der Waals surface area (Å²) in [4.78, 5) is 18.1. The normalized spacial score (nSPS) is 36.0. The molecule has 0 unspecified atom stereocenters. The summed E-state index contributed by atoms with van der Waals surface area (Å²) in [7, 11) is 0. The lowest BCUT2D eigenvalue weighted by Gasteiger charge is -2.51. The van der Waals surface area contributed by atoms with Crippen molar-refractivity contribution >= 4 is 6.03 Å². The molecular weight excluding hydrogens is 354 g/mol. The molecule has 5 aliphatic heterocycles. The van der Waals surface area contributed by atoms with Gasteiger partial charge in [-0.15, -0.1) is 0 Å². The van der Waals surface area contributed by atoms with Gasteiger partial charge in [-0.05, 0) is 62.4 Å². The minimum absolute atomic E-state index is 0.166. The molecule has 4 saturated heterocycles. The van der Waals surface area contributed by atoms with Crippen molar-refractivity contribution in [3.63, 3.8) is 0 Å². The van der Waals surface area contributed by atoms with Gasteiger partial charge in [0.1, 0.15) is 0 Å². The molecule has 28 heavy (non-hydrogen) atoms. The molecule has 7 rings (SSSR count). The predicted molar refractivity (Wildman–Crippen MR) is 105 cm³/mol. The Balaban J connectivity index is 1.30. The van der Waals surface area contributed by atoms with Crippen LogP contribution in [0, 0.1) is 5.92 Å². The summed E-state index contributed by atoms with van der Waals surface area (Å²) in [6.07, 6.45) is 7.20. The van der Waals surface area contributed by atoms with Crippen molar-refractivity contribution < 1.29 is 14.3 Å². The smallest absolute Gasteiger partial charge is 0.317 e. The highest BCUT2D eigenvalue weighted by molar-refractivity contribution is 5.76. The summed E-state index contributed by atoms with van der Waals surface area (Å²) in [5.41, 5.74) is 1.28. The van der Waals surface area contributed by atoms with Gasteiger partial charge in [0, 0.05) is 24.5 Å². The number of nitrogens with zero attached hydrogens (tertiary/aromatic N) is 2.